The lowest BCUT2D eigenvalue weighted by Gasteiger charge is -2.35. The van der Waals surface area contributed by atoms with Crippen LogP contribution in [0.4, 0.5) is 0 Å². The summed E-state index contributed by atoms with van der Waals surface area (Å²) >= 11 is 0. The van der Waals surface area contributed by atoms with Gasteiger partial charge in [0, 0.05) is 49.4 Å². The summed E-state index contributed by atoms with van der Waals surface area (Å²) in [5.74, 6) is 1.97. The van der Waals surface area contributed by atoms with Gasteiger partial charge >= 0.3 is 0 Å². The molecule has 3 rings (SSSR count). The molecule has 0 unspecified atom stereocenters. The molecule has 0 radical (unpaired) electrons. The van der Waals surface area contributed by atoms with Gasteiger partial charge in [-0.05, 0) is 24.3 Å². The molecule has 1 aliphatic rings. The van der Waals surface area contributed by atoms with Gasteiger partial charge in [0.25, 0.3) is 11.8 Å². The number of hydrogen-bond acceptors (Lipinski definition) is 6. The van der Waals surface area contributed by atoms with Crippen molar-refractivity contribution in [3.63, 3.8) is 0 Å². The Morgan fingerprint density at radius 3 is 1.07 bits per heavy atom. The summed E-state index contributed by atoms with van der Waals surface area (Å²) in [6.45, 7) is 1.74. The van der Waals surface area contributed by atoms with Crippen molar-refractivity contribution >= 4 is 11.8 Å². The third-order valence-corrected chi connectivity index (χ3v) is 5.05. The zero-order chi connectivity index (χ0) is 21.7. The average molecular weight is 414 g/mol. The number of rotatable bonds is 6. The first kappa shape index (κ1) is 21.3. The normalized spacial score (nSPS) is 13.6. The lowest BCUT2D eigenvalue weighted by Crippen LogP contribution is -2.50. The third-order valence-electron chi connectivity index (χ3n) is 5.05. The fraction of sp³-hybridized carbons (Fsp3) is 0.364. The molecule has 0 aliphatic carbocycles. The molecule has 2 aromatic rings. The van der Waals surface area contributed by atoms with E-state index in [9.17, 15) is 9.59 Å². The topological polar surface area (TPSA) is 77.5 Å². The zero-order valence-corrected chi connectivity index (χ0v) is 17.6. The highest BCUT2D eigenvalue weighted by atomic mass is 16.5. The van der Waals surface area contributed by atoms with Crippen LogP contribution in [-0.4, -0.2) is 76.2 Å². The van der Waals surface area contributed by atoms with E-state index in [4.69, 9.17) is 18.9 Å². The maximum absolute atomic E-state index is 12.9. The number of nitrogens with zero attached hydrogens (tertiary/aromatic N) is 2. The van der Waals surface area contributed by atoms with Gasteiger partial charge in [-0.3, -0.25) is 9.59 Å². The molecule has 1 heterocycles. The van der Waals surface area contributed by atoms with Gasteiger partial charge in [0.2, 0.25) is 0 Å². The van der Waals surface area contributed by atoms with E-state index in [-0.39, 0.29) is 11.8 Å². The van der Waals surface area contributed by atoms with Crippen LogP contribution in [0.5, 0.6) is 23.0 Å². The second kappa shape index (κ2) is 9.39. The summed E-state index contributed by atoms with van der Waals surface area (Å²) in [6.07, 6.45) is 0. The minimum atomic E-state index is -0.123. The van der Waals surface area contributed by atoms with Crippen molar-refractivity contribution in [1.82, 2.24) is 9.80 Å². The molecule has 8 heteroatoms. The molecule has 1 fully saturated rings. The zero-order valence-electron chi connectivity index (χ0n) is 17.6. The number of piperazine rings is 1. The molecule has 0 saturated carbocycles. The van der Waals surface area contributed by atoms with Crippen LogP contribution in [0.15, 0.2) is 36.4 Å². The van der Waals surface area contributed by atoms with Gasteiger partial charge in [-0.1, -0.05) is 0 Å². The Hall–Kier alpha value is -3.42. The number of methoxy groups -OCH3 is 4. The van der Waals surface area contributed by atoms with E-state index in [0.29, 0.717) is 60.3 Å². The predicted octanol–water partition coefficient (Wildman–Crippen LogP) is 2.32. The smallest absolute Gasteiger partial charge is 0.254 e. The van der Waals surface area contributed by atoms with Crippen LogP contribution < -0.4 is 18.9 Å². The third kappa shape index (κ3) is 4.59. The molecule has 8 nitrogen and oxygen atoms in total. The maximum atomic E-state index is 12.9. The average Bonchev–Trinajstić information content (AvgIpc) is 2.82. The van der Waals surface area contributed by atoms with Gasteiger partial charge in [-0.2, -0.15) is 0 Å². The molecule has 0 bridgehead atoms. The molecule has 30 heavy (non-hydrogen) atoms. The van der Waals surface area contributed by atoms with Gasteiger partial charge in [-0.25, -0.2) is 0 Å². The van der Waals surface area contributed by atoms with Crippen molar-refractivity contribution < 1.29 is 28.5 Å². The van der Waals surface area contributed by atoms with E-state index in [2.05, 4.69) is 0 Å². The number of carbonyl (C=O) groups excluding carboxylic acids is 2. The molecule has 0 atom stereocenters. The van der Waals surface area contributed by atoms with Gasteiger partial charge in [0.1, 0.15) is 23.0 Å². The van der Waals surface area contributed by atoms with E-state index in [1.165, 1.54) is 0 Å². The summed E-state index contributed by atoms with van der Waals surface area (Å²) in [4.78, 5) is 29.3. The number of carbonyl (C=O) groups is 2. The Labute approximate surface area is 175 Å². The predicted molar refractivity (Wildman–Crippen MR) is 111 cm³/mol. The van der Waals surface area contributed by atoms with Crippen molar-refractivity contribution in [3.05, 3.63) is 47.5 Å². The van der Waals surface area contributed by atoms with Crippen LogP contribution in [0.25, 0.3) is 0 Å². The molecule has 1 saturated heterocycles. The van der Waals surface area contributed by atoms with Gasteiger partial charge < -0.3 is 28.7 Å². The van der Waals surface area contributed by atoms with Crippen LogP contribution >= 0.6 is 0 Å². The van der Waals surface area contributed by atoms with Crippen LogP contribution in [0.1, 0.15) is 20.7 Å². The fourth-order valence-corrected chi connectivity index (χ4v) is 3.34. The second-order valence-electron chi connectivity index (χ2n) is 6.79. The number of amides is 2. The van der Waals surface area contributed by atoms with E-state index >= 15 is 0 Å². The Morgan fingerprint density at radius 1 is 0.567 bits per heavy atom. The summed E-state index contributed by atoms with van der Waals surface area (Å²) in [6, 6.07) is 10.2. The van der Waals surface area contributed by atoms with Crippen LogP contribution in [-0.2, 0) is 0 Å². The first-order chi connectivity index (χ1) is 14.5. The minimum absolute atomic E-state index is 0.123. The van der Waals surface area contributed by atoms with E-state index < -0.39 is 0 Å². The first-order valence-electron chi connectivity index (χ1n) is 9.53. The number of hydrogen-bond donors (Lipinski definition) is 0. The Balaban J connectivity index is 1.69. The lowest BCUT2D eigenvalue weighted by atomic mass is 10.1. The monoisotopic (exact) mass is 414 g/mol. The SMILES string of the molecule is COc1cc(OC)cc(C(=O)N2CCN(C(=O)c3cc(OC)cc(OC)c3)CC2)c1. The van der Waals surface area contributed by atoms with Crippen LogP contribution in [0, 0.1) is 0 Å². The van der Waals surface area contributed by atoms with Crippen molar-refractivity contribution in [2.45, 2.75) is 0 Å². The summed E-state index contributed by atoms with van der Waals surface area (Å²) < 4.78 is 21.0. The van der Waals surface area contributed by atoms with Gasteiger partial charge in [-0.15, -0.1) is 0 Å². The molecule has 2 amide bonds. The van der Waals surface area contributed by atoms with Crippen molar-refractivity contribution in [2.24, 2.45) is 0 Å². The molecule has 160 valence electrons. The van der Waals surface area contributed by atoms with Crippen molar-refractivity contribution in [2.75, 3.05) is 54.6 Å². The van der Waals surface area contributed by atoms with E-state index in [0.717, 1.165) is 0 Å². The highest BCUT2D eigenvalue weighted by Crippen LogP contribution is 2.25. The molecule has 0 N–H and O–H groups in total. The molecule has 2 aromatic carbocycles. The molecular formula is C22H26N2O6. The first-order valence-corrected chi connectivity index (χ1v) is 9.53. The summed E-state index contributed by atoms with van der Waals surface area (Å²) in [5, 5.41) is 0. The molecule has 1 aliphatic heterocycles. The number of ether oxygens (including phenoxy) is 4. The minimum Gasteiger partial charge on any atom is -0.497 e. The summed E-state index contributed by atoms with van der Waals surface area (Å²) in [7, 11) is 6.17. The number of benzene rings is 2. The van der Waals surface area contributed by atoms with Crippen molar-refractivity contribution in [3.8, 4) is 23.0 Å². The lowest BCUT2D eigenvalue weighted by molar-refractivity contribution is 0.0535. The maximum Gasteiger partial charge on any atom is 0.254 e. The quantitative estimate of drug-likeness (QED) is 0.722. The molecule has 0 spiro atoms. The highest BCUT2D eigenvalue weighted by Gasteiger charge is 2.26. The Bertz CT molecular complexity index is 802. The van der Waals surface area contributed by atoms with Gasteiger partial charge in [0.15, 0.2) is 0 Å². The Kier molecular flexibility index (Phi) is 6.66. The Morgan fingerprint density at radius 2 is 0.833 bits per heavy atom. The van der Waals surface area contributed by atoms with Gasteiger partial charge in [0.05, 0.1) is 28.4 Å². The second-order valence-corrected chi connectivity index (χ2v) is 6.79. The largest absolute Gasteiger partial charge is 0.497 e. The van der Waals surface area contributed by atoms with E-state index in [1.807, 2.05) is 0 Å². The van der Waals surface area contributed by atoms with Crippen LogP contribution in [0.2, 0.25) is 0 Å². The van der Waals surface area contributed by atoms with E-state index in [1.54, 1.807) is 74.6 Å². The standard InChI is InChI=1S/C22H26N2O6/c1-27-17-9-15(10-18(13-17)28-2)21(25)23-5-7-24(8-6-23)22(26)16-11-19(29-3)14-20(12-16)30-4/h9-14H,5-8H2,1-4H3. The molecule has 0 aromatic heterocycles. The van der Waals surface area contributed by atoms with Crippen LogP contribution in [0.3, 0.4) is 0 Å². The van der Waals surface area contributed by atoms with Crippen molar-refractivity contribution in [1.29, 1.82) is 0 Å². The molecular weight excluding hydrogens is 388 g/mol. The highest BCUT2D eigenvalue weighted by molar-refractivity contribution is 5.97. The summed E-state index contributed by atoms with van der Waals surface area (Å²) in [5.41, 5.74) is 0.979. The fourth-order valence-electron chi connectivity index (χ4n) is 3.34.